The maximum atomic E-state index is 13.7. The number of hydrogen-bond donors (Lipinski definition) is 2. The molecule has 0 spiro atoms. The summed E-state index contributed by atoms with van der Waals surface area (Å²) in [5, 5.41) is 9.61. The van der Waals surface area contributed by atoms with E-state index in [1.165, 1.54) is 10.6 Å². The van der Waals surface area contributed by atoms with Crippen LogP contribution in [0.3, 0.4) is 0 Å². The van der Waals surface area contributed by atoms with E-state index in [1.807, 2.05) is 4.90 Å². The highest BCUT2D eigenvalue weighted by molar-refractivity contribution is 9.10. The first-order valence-corrected chi connectivity index (χ1v) is 11.6. The number of aromatic nitrogens is 4. The first-order chi connectivity index (χ1) is 16.2. The van der Waals surface area contributed by atoms with Gasteiger partial charge < -0.3 is 15.7 Å². The van der Waals surface area contributed by atoms with E-state index in [4.69, 9.17) is 5.73 Å². The molecule has 1 aliphatic heterocycles. The van der Waals surface area contributed by atoms with Gasteiger partial charge in [0.1, 0.15) is 0 Å². The summed E-state index contributed by atoms with van der Waals surface area (Å²) in [6.45, 7) is 3.04. The van der Waals surface area contributed by atoms with Crippen molar-refractivity contribution in [3.05, 3.63) is 54.6 Å². The topological polar surface area (TPSA) is 128 Å². The van der Waals surface area contributed by atoms with Crippen molar-refractivity contribution in [1.82, 2.24) is 18.7 Å². The number of carboxylic acid groups (broad SMARTS) is 1. The van der Waals surface area contributed by atoms with Crippen molar-refractivity contribution in [2.24, 2.45) is 12.8 Å². The summed E-state index contributed by atoms with van der Waals surface area (Å²) in [6.07, 6.45) is 1.81. The molecule has 11 heteroatoms. The van der Waals surface area contributed by atoms with Gasteiger partial charge in [0.25, 0.3) is 5.56 Å². The summed E-state index contributed by atoms with van der Waals surface area (Å²) in [7, 11) is 1.55. The number of imidazole rings is 1. The van der Waals surface area contributed by atoms with E-state index in [2.05, 4.69) is 32.8 Å². The number of carbonyl (C=O) groups is 1. The lowest BCUT2D eigenvalue weighted by Crippen LogP contribution is -2.44. The molecule has 1 fully saturated rings. The van der Waals surface area contributed by atoms with Crippen LogP contribution in [-0.2, 0) is 20.1 Å². The fourth-order valence-electron chi connectivity index (χ4n) is 4.32. The van der Waals surface area contributed by atoms with E-state index < -0.39 is 17.2 Å². The van der Waals surface area contributed by atoms with Crippen LogP contribution in [-0.4, -0.2) is 48.9 Å². The molecule has 3 N–H and O–H groups in total. The second kappa shape index (κ2) is 9.48. The number of carboxylic acids is 1. The molecule has 4 rings (SSSR count). The van der Waals surface area contributed by atoms with E-state index in [-0.39, 0.29) is 35.9 Å². The fourth-order valence-corrected chi connectivity index (χ4v) is 4.81. The Kier molecular flexibility index (Phi) is 6.63. The zero-order valence-corrected chi connectivity index (χ0v) is 20.5. The minimum atomic E-state index is -1.14. The van der Waals surface area contributed by atoms with Gasteiger partial charge in [-0.25, -0.2) is 9.59 Å². The molecule has 1 aliphatic rings. The largest absolute Gasteiger partial charge is 0.478 e. The van der Waals surface area contributed by atoms with Crippen LogP contribution in [0.5, 0.6) is 0 Å². The Balaban J connectivity index is 1.96. The summed E-state index contributed by atoms with van der Waals surface area (Å²) in [5.74, 6) is 5.24. The predicted molar refractivity (Wildman–Crippen MR) is 132 cm³/mol. The van der Waals surface area contributed by atoms with E-state index in [1.54, 1.807) is 30.7 Å². The maximum absolute atomic E-state index is 13.7. The third-order valence-corrected chi connectivity index (χ3v) is 6.78. The van der Waals surface area contributed by atoms with E-state index in [9.17, 15) is 19.5 Å². The maximum Gasteiger partial charge on any atom is 0.336 e. The van der Waals surface area contributed by atoms with Gasteiger partial charge in [0, 0.05) is 36.2 Å². The molecule has 1 aromatic carbocycles. The molecule has 0 aliphatic carbocycles. The van der Waals surface area contributed by atoms with E-state index in [0.29, 0.717) is 22.5 Å². The Morgan fingerprint density at radius 1 is 1.32 bits per heavy atom. The Bertz CT molecular complexity index is 1460. The summed E-state index contributed by atoms with van der Waals surface area (Å²) in [6, 6.07) is 4.70. The van der Waals surface area contributed by atoms with Gasteiger partial charge in [-0.15, -0.1) is 5.92 Å². The molecule has 1 atom stereocenters. The minimum absolute atomic E-state index is 0.00961. The van der Waals surface area contributed by atoms with E-state index in [0.717, 1.165) is 24.0 Å². The molecule has 0 amide bonds. The average Bonchev–Trinajstić information content (AvgIpc) is 3.19. The zero-order valence-electron chi connectivity index (χ0n) is 18.9. The highest BCUT2D eigenvalue weighted by Crippen LogP contribution is 2.24. The van der Waals surface area contributed by atoms with Crippen LogP contribution in [0.4, 0.5) is 5.95 Å². The van der Waals surface area contributed by atoms with Crippen LogP contribution in [0.1, 0.15) is 35.7 Å². The van der Waals surface area contributed by atoms with Crippen molar-refractivity contribution in [3.63, 3.8) is 0 Å². The quantitative estimate of drug-likeness (QED) is 0.478. The third-order valence-electron chi connectivity index (χ3n) is 6.03. The number of halogens is 1. The normalized spacial score (nSPS) is 15.9. The van der Waals surface area contributed by atoms with Crippen molar-refractivity contribution >= 4 is 39.0 Å². The molecule has 2 aromatic heterocycles. The number of fused-ring (bicyclic) bond motifs is 1. The lowest BCUT2D eigenvalue weighted by Gasteiger charge is -2.31. The van der Waals surface area contributed by atoms with Gasteiger partial charge in [-0.1, -0.05) is 27.9 Å². The third kappa shape index (κ3) is 4.15. The molecule has 0 radical (unpaired) electrons. The first-order valence-electron chi connectivity index (χ1n) is 10.9. The highest BCUT2D eigenvalue weighted by Gasteiger charge is 2.26. The van der Waals surface area contributed by atoms with Gasteiger partial charge >= 0.3 is 11.7 Å². The van der Waals surface area contributed by atoms with Crippen molar-refractivity contribution in [2.45, 2.75) is 38.9 Å². The van der Waals surface area contributed by atoms with Crippen molar-refractivity contribution in [1.29, 1.82) is 0 Å². The van der Waals surface area contributed by atoms with Gasteiger partial charge in [-0.05, 0) is 31.9 Å². The second-order valence-electron chi connectivity index (χ2n) is 8.25. The van der Waals surface area contributed by atoms with E-state index >= 15 is 0 Å². The number of aromatic carboxylic acids is 1. The van der Waals surface area contributed by atoms with Crippen LogP contribution in [0.25, 0.3) is 11.2 Å². The number of aryl methyl sites for hydroxylation is 1. The minimum Gasteiger partial charge on any atom is -0.478 e. The molecule has 178 valence electrons. The molecule has 0 bridgehead atoms. The standard InChI is InChI=1S/C23H25BrN6O4/c1-3-4-11-29-18-19(26-22(29)28-10-6-7-14(25)12-28)27(2)23(34)30(20(18)31)13-16-15(21(32)33)8-5-9-17(16)24/h5,8-9,14H,6-7,10-13,25H2,1-2H3,(H,32,33)/t14-/m1/s1. The Hall–Kier alpha value is -3.36. The molecular formula is C23H25BrN6O4. The molecule has 0 unspecified atom stereocenters. The predicted octanol–water partition coefficient (Wildman–Crippen LogP) is 1.36. The Morgan fingerprint density at radius 3 is 2.76 bits per heavy atom. The number of benzene rings is 1. The lowest BCUT2D eigenvalue weighted by molar-refractivity contribution is 0.0695. The molecule has 3 aromatic rings. The molecule has 0 saturated carbocycles. The molecule has 3 heterocycles. The zero-order chi connectivity index (χ0) is 24.6. The van der Waals surface area contributed by atoms with Crippen LogP contribution < -0.4 is 21.9 Å². The summed E-state index contributed by atoms with van der Waals surface area (Å²) < 4.78 is 4.57. The van der Waals surface area contributed by atoms with Gasteiger partial charge in [0.05, 0.1) is 18.7 Å². The molecular weight excluding hydrogens is 504 g/mol. The lowest BCUT2D eigenvalue weighted by atomic mass is 10.1. The second-order valence-corrected chi connectivity index (χ2v) is 9.10. The van der Waals surface area contributed by atoms with Gasteiger partial charge in [0.2, 0.25) is 5.95 Å². The average molecular weight is 529 g/mol. The summed E-state index contributed by atoms with van der Waals surface area (Å²) in [4.78, 5) is 45.3. The monoisotopic (exact) mass is 528 g/mol. The Morgan fingerprint density at radius 2 is 2.09 bits per heavy atom. The van der Waals surface area contributed by atoms with Gasteiger partial charge in [0.15, 0.2) is 11.2 Å². The number of nitrogens with zero attached hydrogens (tertiary/aromatic N) is 5. The number of piperidine rings is 1. The number of hydrogen-bond acceptors (Lipinski definition) is 6. The molecule has 1 saturated heterocycles. The SMILES string of the molecule is CC#CCn1c(N2CCC[C@@H](N)C2)nc2c1c(=O)n(Cc1c(Br)cccc1C(=O)O)c(=O)n2C. The van der Waals surface area contributed by atoms with Crippen molar-refractivity contribution in [3.8, 4) is 11.8 Å². The fraction of sp³-hybridized carbons (Fsp3) is 0.391. The number of nitrogens with two attached hydrogens (primary N) is 1. The highest BCUT2D eigenvalue weighted by atomic mass is 79.9. The van der Waals surface area contributed by atoms with Crippen molar-refractivity contribution in [2.75, 3.05) is 18.0 Å². The molecule has 34 heavy (non-hydrogen) atoms. The van der Waals surface area contributed by atoms with Gasteiger partial charge in [-0.3, -0.25) is 18.5 Å². The van der Waals surface area contributed by atoms with Crippen LogP contribution in [0, 0.1) is 11.8 Å². The number of rotatable bonds is 5. The first kappa shape index (κ1) is 23.8. The Labute approximate surface area is 203 Å². The van der Waals surface area contributed by atoms with Crippen LogP contribution in [0.15, 0.2) is 32.3 Å². The van der Waals surface area contributed by atoms with Crippen molar-refractivity contribution < 1.29 is 9.90 Å². The van der Waals surface area contributed by atoms with Crippen LogP contribution >= 0.6 is 15.9 Å². The summed E-state index contributed by atoms with van der Waals surface area (Å²) >= 11 is 3.36. The summed E-state index contributed by atoms with van der Waals surface area (Å²) in [5.41, 5.74) is 5.87. The van der Waals surface area contributed by atoms with Crippen LogP contribution in [0.2, 0.25) is 0 Å². The smallest absolute Gasteiger partial charge is 0.336 e. The van der Waals surface area contributed by atoms with Gasteiger partial charge in [-0.2, -0.15) is 4.98 Å². The molecule has 10 nitrogen and oxygen atoms in total. The number of anilines is 1.